The fraction of sp³-hybridized carbons (Fsp3) is 0.200. The van der Waals surface area contributed by atoms with Gasteiger partial charge in [0.25, 0.3) is 0 Å². The smallest absolute Gasteiger partial charge is 0.333 e. The molecule has 0 aliphatic carbocycles. The number of anilines is 1. The highest BCUT2D eigenvalue weighted by Crippen LogP contribution is 2.18. The quantitative estimate of drug-likeness (QED) is 0.626. The minimum Gasteiger partial charge on any atom is -0.398 e. The summed E-state index contributed by atoms with van der Waals surface area (Å²) in [5.74, 6) is -0.310. The van der Waals surface area contributed by atoms with Crippen LogP contribution in [0.1, 0.15) is 17.3 Å². The van der Waals surface area contributed by atoms with Gasteiger partial charge in [0, 0.05) is 12.6 Å². The number of fused-ring (bicyclic) bond motifs is 1. The molecule has 78 valence electrons. The summed E-state index contributed by atoms with van der Waals surface area (Å²) < 4.78 is 1.10. The van der Waals surface area contributed by atoms with Crippen molar-refractivity contribution in [1.82, 2.24) is 9.55 Å². The van der Waals surface area contributed by atoms with Crippen LogP contribution in [0.2, 0.25) is 0 Å². The van der Waals surface area contributed by atoms with Gasteiger partial charge in [0.15, 0.2) is 0 Å². The summed E-state index contributed by atoms with van der Waals surface area (Å²) in [7, 11) is 0. The second-order valence-corrected chi connectivity index (χ2v) is 3.51. The van der Waals surface area contributed by atoms with Gasteiger partial charge in [-0.3, -0.25) is 4.79 Å². The molecule has 0 amide bonds. The predicted octanol–water partition coefficient (Wildman–Crippen LogP) is 0.880. The molecule has 0 fully saturated rings. The van der Waals surface area contributed by atoms with Crippen molar-refractivity contribution in [3.05, 3.63) is 28.2 Å². The number of hydrogen-bond acceptors (Lipinski definition) is 3. The van der Waals surface area contributed by atoms with E-state index in [-0.39, 0.29) is 5.91 Å². The third-order valence-corrected chi connectivity index (χ3v) is 2.38. The number of nitrogens with one attached hydrogen (secondary N) is 1. The molecule has 0 unspecified atom stereocenters. The number of carbonyl (C=O) groups is 1. The number of H-pyrrole nitrogens is 1. The van der Waals surface area contributed by atoms with Crippen LogP contribution in [-0.2, 0) is 0 Å². The van der Waals surface area contributed by atoms with E-state index in [4.69, 9.17) is 5.73 Å². The van der Waals surface area contributed by atoms with Crippen LogP contribution in [0.4, 0.5) is 5.69 Å². The molecule has 0 spiro atoms. The summed E-state index contributed by atoms with van der Waals surface area (Å²) in [6.45, 7) is 3.18. The Bertz CT molecular complexity index is 607. The lowest BCUT2D eigenvalue weighted by atomic mass is 10.2. The number of benzene rings is 1. The molecule has 3 N–H and O–H groups in total. The Morgan fingerprint density at radius 1 is 1.47 bits per heavy atom. The van der Waals surface area contributed by atoms with Gasteiger partial charge >= 0.3 is 5.69 Å². The van der Waals surface area contributed by atoms with E-state index in [2.05, 4.69) is 4.98 Å². The highest BCUT2D eigenvalue weighted by Gasteiger charge is 2.11. The summed E-state index contributed by atoms with van der Waals surface area (Å²) in [5, 5.41) is 0. The minimum atomic E-state index is -0.428. The van der Waals surface area contributed by atoms with E-state index < -0.39 is 5.69 Å². The van der Waals surface area contributed by atoms with Gasteiger partial charge in [0.1, 0.15) is 0 Å². The highest BCUT2D eigenvalue weighted by atomic mass is 16.2. The van der Waals surface area contributed by atoms with Crippen molar-refractivity contribution in [3.8, 4) is 0 Å². The number of nitrogen functional groups attached to an aromatic ring is 1. The van der Waals surface area contributed by atoms with E-state index in [1.165, 1.54) is 6.92 Å². The third kappa shape index (κ3) is 1.32. The van der Waals surface area contributed by atoms with Crippen molar-refractivity contribution >= 4 is 22.6 Å². The Kier molecular flexibility index (Phi) is 1.89. The summed E-state index contributed by atoms with van der Waals surface area (Å²) in [6, 6.07) is 3.38. The van der Waals surface area contributed by atoms with Crippen LogP contribution in [0.3, 0.4) is 0 Å². The number of rotatable bonds is 0. The third-order valence-electron chi connectivity index (χ3n) is 2.38. The summed E-state index contributed by atoms with van der Waals surface area (Å²) in [5.41, 5.74) is 7.87. The van der Waals surface area contributed by atoms with Crippen molar-refractivity contribution in [3.63, 3.8) is 0 Å². The molecule has 0 saturated heterocycles. The number of nitrogens with zero attached hydrogens (tertiary/aromatic N) is 1. The highest BCUT2D eigenvalue weighted by molar-refractivity contribution is 5.90. The van der Waals surface area contributed by atoms with E-state index in [1.54, 1.807) is 12.1 Å². The summed E-state index contributed by atoms with van der Waals surface area (Å²) in [4.78, 5) is 25.3. The normalized spacial score (nSPS) is 10.8. The maximum Gasteiger partial charge on any atom is 0.333 e. The van der Waals surface area contributed by atoms with Crippen molar-refractivity contribution in [2.24, 2.45) is 0 Å². The van der Waals surface area contributed by atoms with E-state index in [0.717, 1.165) is 10.1 Å². The largest absolute Gasteiger partial charge is 0.398 e. The lowest BCUT2D eigenvalue weighted by Gasteiger charge is -2.01. The number of aromatic nitrogens is 2. The molecule has 1 heterocycles. The Labute approximate surface area is 85.5 Å². The number of imidazole rings is 1. The van der Waals surface area contributed by atoms with Gasteiger partial charge in [-0.1, -0.05) is 0 Å². The second-order valence-electron chi connectivity index (χ2n) is 3.51. The number of hydrogen-bond donors (Lipinski definition) is 2. The molecule has 0 radical (unpaired) electrons. The van der Waals surface area contributed by atoms with Crippen LogP contribution >= 0.6 is 0 Å². The summed E-state index contributed by atoms with van der Waals surface area (Å²) in [6.07, 6.45) is 0. The molecule has 0 bridgehead atoms. The van der Waals surface area contributed by atoms with Gasteiger partial charge in [-0.15, -0.1) is 0 Å². The van der Waals surface area contributed by atoms with E-state index in [0.29, 0.717) is 16.7 Å². The molecule has 1 aromatic carbocycles. The maximum atomic E-state index is 11.4. The molecule has 15 heavy (non-hydrogen) atoms. The van der Waals surface area contributed by atoms with Crippen LogP contribution in [0.25, 0.3) is 11.0 Å². The van der Waals surface area contributed by atoms with Gasteiger partial charge in [0.05, 0.1) is 11.0 Å². The molecule has 5 heteroatoms. The first kappa shape index (κ1) is 9.51. The van der Waals surface area contributed by atoms with Gasteiger partial charge < -0.3 is 10.7 Å². The molecular formula is C10H11N3O2. The first-order chi connectivity index (χ1) is 7.00. The average molecular weight is 205 g/mol. The van der Waals surface area contributed by atoms with Crippen LogP contribution in [0.5, 0.6) is 0 Å². The fourth-order valence-electron chi connectivity index (χ4n) is 1.59. The summed E-state index contributed by atoms with van der Waals surface area (Å²) >= 11 is 0. The van der Waals surface area contributed by atoms with Gasteiger partial charge in [0.2, 0.25) is 5.91 Å². The Morgan fingerprint density at radius 2 is 2.13 bits per heavy atom. The van der Waals surface area contributed by atoms with E-state index >= 15 is 0 Å². The van der Waals surface area contributed by atoms with Crippen LogP contribution in [-0.4, -0.2) is 15.5 Å². The average Bonchev–Trinajstić information content (AvgIpc) is 2.41. The molecule has 0 saturated carbocycles. The first-order valence-corrected chi connectivity index (χ1v) is 4.52. The number of aromatic amines is 1. The minimum absolute atomic E-state index is 0.310. The Morgan fingerprint density at radius 3 is 2.73 bits per heavy atom. The van der Waals surface area contributed by atoms with Crippen LogP contribution in [0, 0.1) is 6.92 Å². The number of nitrogens with two attached hydrogens (primary N) is 1. The van der Waals surface area contributed by atoms with Gasteiger partial charge in [-0.25, -0.2) is 9.36 Å². The Hall–Kier alpha value is -2.04. The first-order valence-electron chi connectivity index (χ1n) is 4.52. The predicted molar refractivity (Wildman–Crippen MR) is 58.0 cm³/mol. The second kappa shape index (κ2) is 2.98. The monoisotopic (exact) mass is 205 g/mol. The van der Waals surface area contributed by atoms with Crippen molar-refractivity contribution in [2.45, 2.75) is 13.8 Å². The molecule has 0 aliphatic rings. The van der Waals surface area contributed by atoms with Gasteiger partial charge in [-0.2, -0.15) is 0 Å². The number of carbonyl (C=O) groups excluding carboxylic acids is 1. The lowest BCUT2D eigenvalue weighted by molar-refractivity contribution is 0.0937. The van der Waals surface area contributed by atoms with E-state index in [9.17, 15) is 9.59 Å². The zero-order valence-electron chi connectivity index (χ0n) is 8.50. The molecule has 2 aromatic rings. The van der Waals surface area contributed by atoms with Crippen molar-refractivity contribution < 1.29 is 4.79 Å². The van der Waals surface area contributed by atoms with Crippen LogP contribution in [0.15, 0.2) is 16.9 Å². The van der Waals surface area contributed by atoms with Crippen molar-refractivity contribution in [1.29, 1.82) is 0 Å². The standard InChI is InChI=1S/C10H11N3O2/c1-5-3-9-8(4-7(5)11)12-10(15)13(9)6(2)14/h3-4H,11H2,1-2H3,(H,12,15). The molecule has 5 nitrogen and oxygen atoms in total. The molecule has 2 rings (SSSR count). The zero-order valence-corrected chi connectivity index (χ0v) is 8.50. The Balaban J connectivity index is 2.94. The lowest BCUT2D eigenvalue weighted by Crippen LogP contribution is -2.21. The maximum absolute atomic E-state index is 11.4. The SMILES string of the molecule is CC(=O)n1c(=O)[nH]c2cc(N)c(C)cc21. The number of aryl methyl sites for hydroxylation is 1. The zero-order chi connectivity index (χ0) is 11.2. The topological polar surface area (TPSA) is 80.9 Å². The van der Waals surface area contributed by atoms with E-state index in [1.807, 2.05) is 6.92 Å². The fourth-order valence-corrected chi connectivity index (χ4v) is 1.59. The van der Waals surface area contributed by atoms with Crippen molar-refractivity contribution in [2.75, 3.05) is 5.73 Å². The molecule has 0 aliphatic heterocycles. The van der Waals surface area contributed by atoms with Crippen LogP contribution < -0.4 is 11.4 Å². The van der Waals surface area contributed by atoms with Gasteiger partial charge in [-0.05, 0) is 24.6 Å². The molecule has 1 aromatic heterocycles. The molecule has 0 atom stereocenters. The molecular weight excluding hydrogens is 194 g/mol.